The third kappa shape index (κ3) is 8.00. The first-order valence-corrected chi connectivity index (χ1v) is 14.5. The van der Waals surface area contributed by atoms with Crippen molar-refractivity contribution in [3.8, 4) is 0 Å². The maximum Gasteiger partial charge on any atom is 0.244 e. The van der Waals surface area contributed by atoms with E-state index < -0.39 is 28.5 Å². The number of sulfonamides is 1. The van der Waals surface area contributed by atoms with E-state index in [1.165, 1.54) is 4.90 Å². The number of carbonyl (C=O) groups is 2. The van der Waals surface area contributed by atoms with Crippen LogP contribution in [0.3, 0.4) is 0 Å². The normalized spacial score (nSPS) is 12.4. The number of anilines is 1. The Balaban J connectivity index is 2.50. The number of benzene rings is 2. The molecule has 36 heavy (non-hydrogen) atoms. The van der Waals surface area contributed by atoms with Crippen LogP contribution in [0.25, 0.3) is 0 Å². The Kier molecular flexibility index (Phi) is 10.9. The third-order valence-electron chi connectivity index (χ3n) is 5.61. The fourth-order valence-electron chi connectivity index (χ4n) is 3.64. The van der Waals surface area contributed by atoms with Crippen LogP contribution in [0.2, 0.25) is 15.1 Å². The second-order valence-electron chi connectivity index (χ2n) is 8.97. The summed E-state index contributed by atoms with van der Waals surface area (Å²) in [5.41, 5.74) is 1.39. The summed E-state index contributed by atoms with van der Waals surface area (Å²) in [6.45, 7) is 7.33. The standard InChI is InChI=1S/C25H32Cl3N3O4S/c1-6-22(25(33)29-13-16(2)3)30(14-18-10-11-19(26)12-21(18)28)24(32)15-31(36(5,34)35)23-9-7-8-20(27)17(23)4/h7-12,16,22H,6,13-15H2,1-5H3,(H,29,33)/t22-/m1/s1. The number of hydrogen-bond donors (Lipinski definition) is 1. The molecule has 0 aliphatic rings. The van der Waals surface area contributed by atoms with Crippen LogP contribution in [0.5, 0.6) is 0 Å². The summed E-state index contributed by atoms with van der Waals surface area (Å²) in [5.74, 6) is -0.667. The number of hydrogen-bond acceptors (Lipinski definition) is 4. The molecule has 0 heterocycles. The van der Waals surface area contributed by atoms with Crippen molar-refractivity contribution in [1.29, 1.82) is 0 Å². The topological polar surface area (TPSA) is 86.8 Å². The van der Waals surface area contributed by atoms with Crippen LogP contribution in [0.15, 0.2) is 36.4 Å². The first-order chi connectivity index (χ1) is 16.8. The summed E-state index contributed by atoms with van der Waals surface area (Å²) >= 11 is 18.6. The molecule has 2 rings (SSSR count). The van der Waals surface area contributed by atoms with Crippen molar-refractivity contribution in [1.82, 2.24) is 10.2 Å². The predicted molar refractivity (Wildman–Crippen MR) is 147 cm³/mol. The molecule has 0 radical (unpaired) electrons. The van der Waals surface area contributed by atoms with Crippen molar-refractivity contribution in [2.24, 2.45) is 5.92 Å². The zero-order chi connectivity index (χ0) is 27.2. The zero-order valence-electron chi connectivity index (χ0n) is 21.0. The number of amides is 2. The summed E-state index contributed by atoms with van der Waals surface area (Å²) in [6, 6.07) is 8.88. The molecule has 0 unspecified atom stereocenters. The fraction of sp³-hybridized carbons (Fsp3) is 0.440. The molecule has 0 aliphatic carbocycles. The SMILES string of the molecule is CC[C@H](C(=O)NCC(C)C)N(Cc1ccc(Cl)cc1Cl)C(=O)CN(c1cccc(Cl)c1C)S(C)(=O)=O. The lowest BCUT2D eigenvalue weighted by Crippen LogP contribution is -2.52. The van der Waals surface area contributed by atoms with Gasteiger partial charge in [-0.3, -0.25) is 13.9 Å². The quantitative estimate of drug-likeness (QED) is 0.393. The first kappa shape index (κ1) is 30.2. The van der Waals surface area contributed by atoms with Gasteiger partial charge in [-0.2, -0.15) is 0 Å². The van der Waals surface area contributed by atoms with Gasteiger partial charge in [0.25, 0.3) is 0 Å². The van der Waals surface area contributed by atoms with Crippen molar-refractivity contribution < 1.29 is 18.0 Å². The molecule has 11 heteroatoms. The second kappa shape index (κ2) is 13.0. The van der Waals surface area contributed by atoms with Gasteiger partial charge < -0.3 is 10.2 Å². The van der Waals surface area contributed by atoms with Crippen LogP contribution in [-0.2, 0) is 26.2 Å². The highest BCUT2D eigenvalue weighted by molar-refractivity contribution is 7.92. The molecule has 0 bridgehead atoms. The summed E-state index contributed by atoms with van der Waals surface area (Å²) < 4.78 is 26.5. The molecule has 1 N–H and O–H groups in total. The Hall–Kier alpha value is -2.00. The van der Waals surface area contributed by atoms with E-state index in [0.29, 0.717) is 44.8 Å². The lowest BCUT2D eigenvalue weighted by molar-refractivity contribution is -0.140. The van der Waals surface area contributed by atoms with E-state index in [0.717, 1.165) is 10.6 Å². The Morgan fingerprint density at radius 2 is 1.72 bits per heavy atom. The van der Waals surface area contributed by atoms with Gasteiger partial charge in [0.1, 0.15) is 12.6 Å². The van der Waals surface area contributed by atoms with Gasteiger partial charge >= 0.3 is 0 Å². The Bertz CT molecular complexity index is 1210. The minimum absolute atomic E-state index is 0.00539. The molecular weight excluding hydrogens is 545 g/mol. The largest absolute Gasteiger partial charge is 0.354 e. The average Bonchev–Trinajstić information content (AvgIpc) is 2.78. The molecule has 0 spiro atoms. The van der Waals surface area contributed by atoms with Crippen LogP contribution in [0.1, 0.15) is 38.3 Å². The van der Waals surface area contributed by atoms with Gasteiger partial charge in [-0.05, 0) is 54.7 Å². The third-order valence-corrected chi connectivity index (χ3v) is 7.74. The van der Waals surface area contributed by atoms with Crippen LogP contribution in [0.4, 0.5) is 5.69 Å². The van der Waals surface area contributed by atoms with Gasteiger partial charge in [0.05, 0.1) is 11.9 Å². The molecule has 2 aromatic carbocycles. The van der Waals surface area contributed by atoms with Crippen molar-refractivity contribution in [2.45, 2.75) is 46.7 Å². The Morgan fingerprint density at radius 1 is 1.06 bits per heavy atom. The van der Waals surface area contributed by atoms with Gasteiger partial charge in [-0.1, -0.05) is 67.7 Å². The number of halogens is 3. The minimum atomic E-state index is -3.86. The van der Waals surface area contributed by atoms with Crippen LogP contribution >= 0.6 is 34.8 Å². The molecule has 0 fully saturated rings. The van der Waals surface area contributed by atoms with Crippen LogP contribution < -0.4 is 9.62 Å². The molecular formula is C25H32Cl3N3O4S. The summed E-state index contributed by atoms with van der Waals surface area (Å²) in [6.07, 6.45) is 1.34. The number of rotatable bonds is 11. The van der Waals surface area contributed by atoms with Crippen molar-refractivity contribution in [3.63, 3.8) is 0 Å². The van der Waals surface area contributed by atoms with Gasteiger partial charge in [0, 0.05) is 28.2 Å². The molecule has 7 nitrogen and oxygen atoms in total. The summed E-state index contributed by atoms with van der Waals surface area (Å²) in [7, 11) is -3.86. The van der Waals surface area contributed by atoms with Crippen LogP contribution in [-0.4, -0.2) is 50.5 Å². The van der Waals surface area contributed by atoms with E-state index in [4.69, 9.17) is 34.8 Å². The molecule has 198 valence electrons. The van der Waals surface area contributed by atoms with E-state index in [9.17, 15) is 18.0 Å². The molecule has 0 saturated carbocycles. The van der Waals surface area contributed by atoms with E-state index >= 15 is 0 Å². The number of nitrogens with one attached hydrogen (secondary N) is 1. The Morgan fingerprint density at radius 3 is 2.28 bits per heavy atom. The minimum Gasteiger partial charge on any atom is -0.354 e. The van der Waals surface area contributed by atoms with Gasteiger partial charge in [-0.15, -0.1) is 0 Å². The highest BCUT2D eigenvalue weighted by Gasteiger charge is 2.32. The first-order valence-electron chi connectivity index (χ1n) is 11.5. The average molecular weight is 577 g/mol. The zero-order valence-corrected chi connectivity index (χ0v) is 24.1. The highest BCUT2D eigenvalue weighted by Crippen LogP contribution is 2.29. The lowest BCUT2D eigenvalue weighted by atomic mass is 10.1. The second-order valence-corrected chi connectivity index (χ2v) is 12.1. The molecule has 1 atom stereocenters. The fourth-order valence-corrected chi connectivity index (χ4v) is 5.17. The summed E-state index contributed by atoms with van der Waals surface area (Å²) in [4.78, 5) is 28.2. The summed E-state index contributed by atoms with van der Waals surface area (Å²) in [5, 5.41) is 4.02. The molecule has 0 aromatic heterocycles. The lowest BCUT2D eigenvalue weighted by Gasteiger charge is -2.33. The van der Waals surface area contributed by atoms with Crippen molar-refractivity contribution in [2.75, 3.05) is 23.7 Å². The van der Waals surface area contributed by atoms with E-state index in [1.807, 2.05) is 13.8 Å². The number of carbonyl (C=O) groups excluding carboxylic acids is 2. The smallest absolute Gasteiger partial charge is 0.244 e. The Labute approximate surface area is 228 Å². The molecule has 0 saturated heterocycles. The van der Waals surface area contributed by atoms with Gasteiger partial charge in [0.15, 0.2) is 0 Å². The van der Waals surface area contributed by atoms with Crippen molar-refractivity contribution in [3.05, 3.63) is 62.6 Å². The van der Waals surface area contributed by atoms with E-state index in [2.05, 4.69) is 5.32 Å². The van der Waals surface area contributed by atoms with Crippen LogP contribution in [0, 0.1) is 12.8 Å². The number of nitrogens with zero attached hydrogens (tertiary/aromatic N) is 2. The van der Waals surface area contributed by atoms with E-state index in [1.54, 1.807) is 50.2 Å². The monoisotopic (exact) mass is 575 g/mol. The molecule has 0 aliphatic heterocycles. The maximum atomic E-state index is 13.7. The molecule has 2 aromatic rings. The predicted octanol–water partition coefficient (Wildman–Crippen LogP) is 5.30. The maximum absolute atomic E-state index is 13.7. The highest BCUT2D eigenvalue weighted by atomic mass is 35.5. The van der Waals surface area contributed by atoms with Gasteiger partial charge in [-0.25, -0.2) is 8.42 Å². The van der Waals surface area contributed by atoms with Gasteiger partial charge in [0.2, 0.25) is 21.8 Å². The molecule has 2 amide bonds. The van der Waals surface area contributed by atoms with E-state index in [-0.39, 0.29) is 18.4 Å². The van der Waals surface area contributed by atoms with Crippen molar-refractivity contribution >= 4 is 62.3 Å².